The molecule has 0 aliphatic heterocycles. The first-order valence-corrected chi connectivity index (χ1v) is 4.66. The standard InChI is InChI=1S/C5H14N2O2S/c1-5(4-6-2)10(8,9)7-3/h5-7H,4H2,1-3H3. The van der Waals surface area contributed by atoms with E-state index in [1.165, 1.54) is 7.05 Å². The Morgan fingerprint density at radius 2 is 1.90 bits per heavy atom. The zero-order chi connectivity index (χ0) is 8.20. The summed E-state index contributed by atoms with van der Waals surface area (Å²) in [6.07, 6.45) is 0. The smallest absolute Gasteiger partial charge is 0.215 e. The molecular weight excluding hydrogens is 152 g/mol. The van der Waals surface area contributed by atoms with Crippen LogP contribution in [0.25, 0.3) is 0 Å². The van der Waals surface area contributed by atoms with Gasteiger partial charge in [-0.2, -0.15) is 0 Å². The van der Waals surface area contributed by atoms with Crippen LogP contribution in [0.15, 0.2) is 0 Å². The van der Waals surface area contributed by atoms with Crippen molar-refractivity contribution in [2.24, 2.45) is 0 Å². The molecule has 62 valence electrons. The largest absolute Gasteiger partial charge is 0.318 e. The van der Waals surface area contributed by atoms with E-state index in [4.69, 9.17) is 0 Å². The Kier molecular flexibility index (Phi) is 3.85. The van der Waals surface area contributed by atoms with Crippen molar-refractivity contribution in [3.63, 3.8) is 0 Å². The summed E-state index contributed by atoms with van der Waals surface area (Å²) in [5, 5.41) is 2.42. The van der Waals surface area contributed by atoms with Gasteiger partial charge in [-0.25, -0.2) is 13.1 Å². The van der Waals surface area contributed by atoms with E-state index in [0.717, 1.165) is 0 Å². The van der Waals surface area contributed by atoms with Gasteiger partial charge in [0.1, 0.15) is 0 Å². The molecule has 0 aromatic rings. The third-order valence-corrected chi connectivity index (χ3v) is 3.10. The van der Waals surface area contributed by atoms with Gasteiger partial charge < -0.3 is 5.32 Å². The average Bonchev–Trinajstić information content (AvgIpc) is 1.89. The number of hydrogen-bond donors (Lipinski definition) is 2. The minimum Gasteiger partial charge on any atom is -0.318 e. The van der Waals surface area contributed by atoms with Gasteiger partial charge in [-0.05, 0) is 21.0 Å². The fraction of sp³-hybridized carbons (Fsp3) is 1.00. The highest BCUT2D eigenvalue weighted by molar-refractivity contribution is 7.90. The van der Waals surface area contributed by atoms with Gasteiger partial charge in [0, 0.05) is 6.54 Å². The molecule has 5 heteroatoms. The summed E-state index contributed by atoms with van der Waals surface area (Å²) in [7, 11) is 0.0692. The summed E-state index contributed by atoms with van der Waals surface area (Å²) < 4.78 is 24.1. The summed E-state index contributed by atoms with van der Waals surface area (Å²) in [4.78, 5) is 0. The number of nitrogens with one attached hydrogen (secondary N) is 2. The lowest BCUT2D eigenvalue weighted by Gasteiger charge is -2.09. The Bertz CT molecular complexity index is 176. The maximum absolute atomic E-state index is 10.9. The molecule has 0 spiro atoms. The Balaban J connectivity index is 4.06. The van der Waals surface area contributed by atoms with Gasteiger partial charge in [-0.1, -0.05) is 0 Å². The van der Waals surface area contributed by atoms with Crippen LogP contribution in [0.4, 0.5) is 0 Å². The quantitative estimate of drug-likeness (QED) is 0.571. The lowest BCUT2D eigenvalue weighted by molar-refractivity contribution is 0.570. The third kappa shape index (κ3) is 2.64. The number of rotatable bonds is 4. The van der Waals surface area contributed by atoms with Gasteiger partial charge in [0.05, 0.1) is 5.25 Å². The predicted molar refractivity (Wildman–Crippen MR) is 41.4 cm³/mol. The first-order valence-electron chi connectivity index (χ1n) is 3.11. The molecular formula is C5H14N2O2S. The molecule has 0 rings (SSSR count). The van der Waals surface area contributed by atoms with Crippen LogP contribution >= 0.6 is 0 Å². The zero-order valence-corrected chi connectivity index (χ0v) is 7.33. The van der Waals surface area contributed by atoms with Crippen molar-refractivity contribution in [2.75, 3.05) is 20.6 Å². The Morgan fingerprint density at radius 1 is 1.40 bits per heavy atom. The van der Waals surface area contributed by atoms with E-state index in [2.05, 4.69) is 10.0 Å². The predicted octanol–water partition coefficient (Wildman–Crippen LogP) is -0.856. The lowest BCUT2D eigenvalue weighted by Crippen LogP contribution is -2.36. The average molecular weight is 166 g/mol. The molecule has 1 atom stereocenters. The van der Waals surface area contributed by atoms with Crippen LogP contribution in [-0.4, -0.2) is 34.3 Å². The summed E-state index contributed by atoms with van der Waals surface area (Å²) in [6, 6.07) is 0. The van der Waals surface area contributed by atoms with Crippen molar-refractivity contribution < 1.29 is 8.42 Å². The van der Waals surface area contributed by atoms with Gasteiger partial charge >= 0.3 is 0 Å². The minimum absolute atomic E-state index is 0.373. The maximum atomic E-state index is 10.9. The van der Waals surface area contributed by atoms with E-state index < -0.39 is 10.0 Å². The zero-order valence-electron chi connectivity index (χ0n) is 6.51. The third-order valence-electron chi connectivity index (χ3n) is 1.31. The van der Waals surface area contributed by atoms with Crippen molar-refractivity contribution >= 4 is 10.0 Å². The molecule has 0 saturated carbocycles. The van der Waals surface area contributed by atoms with Crippen molar-refractivity contribution in [2.45, 2.75) is 12.2 Å². The molecule has 0 heterocycles. The summed E-state index contributed by atoms with van der Waals surface area (Å²) in [5.74, 6) is 0. The van der Waals surface area contributed by atoms with Gasteiger partial charge in [0.2, 0.25) is 10.0 Å². The first kappa shape index (κ1) is 9.87. The van der Waals surface area contributed by atoms with Crippen LogP contribution in [0, 0.1) is 0 Å². The van der Waals surface area contributed by atoms with Gasteiger partial charge in [-0.3, -0.25) is 0 Å². The van der Waals surface area contributed by atoms with Crippen molar-refractivity contribution in [3.8, 4) is 0 Å². The molecule has 0 amide bonds. The SMILES string of the molecule is CNCC(C)S(=O)(=O)NC. The second kappa shape index (κ2) is 3.90. The molecule has 0 saturated heterocycles. The van der Waals surface area contributed by atoms with E-state index in [1.807, 2.05) is 0 Å². The molecule has 10 heavy (non-hydrogen) atoms. The molecule has 0 aromatic carbocycles. The summed E-state index contributed by atoms with van der Waals surface area (Å²) in [5.41, 5.74) is 0. The van der Waals surface area contributed by atoms with Crippen LogP contribution in [-0.2, 0) is 10.0 Å². The van der Waals surface area contributed by atoms with E-state index in [-0.39, 0.29) is 5.25 Å². The first-order chi connectivity index (χ1) is 4.54. The minimum atomic E-state index is -3.07. The van der Waals surface area contributed by atoms with E-state index in [0.29, 0.717) is 6.54 Å². The monoisotopic (exact) mass is 166 g/mol. The Hall–Kier alpha value is -0.130. The lowest BCUT2D eigenvalue weighted by atomic mass is 10.5. The number of hydrogen-bond acceptors (Lipinski definition) is 3. The van der Waals surface area contributed by atoms with Crippen LogP contribution in [0.2, 0.25) is 0 Å². The normalized spacial score (nSPS) is 15.1. The fourth-order valence-corrected chi connectivity index (χ4v) is 1.39. The molecule has 1 unspecified atom stereocenters. The highest BCUT2D eigenvalue weighted by Gasteiger charge is 2.16. The van der Waals surface area contributed by atoms with Crippen LogP contribution < -0.4 is 10.0 Å². The molecule has 0 bridgehead atoms. The topological polar surface area (TPSA) is 58.2 Å². The molecule has 0 radical (unpaired) electrons. The van der Waals surface area contributed by atoms with Gasteiger partial charge in [-0.15, -0.1) is 0 Å². The van der Waals surface area contributed by atoms with E-state index in [9.17, 15) is 8.42 Å². The molecule has 0 aliphatic rings. The highest BCUT2D eigenvalue weighted by atomic mass is 32.2. The van der Waals surface area contributed by atoms with Gasteiger partial charge in [0.25, 0.3) is 0 Å². The van der Waals surface area contributed by atoms with E-state index in [1.54, 1.807) is 14.0 Å². The molecule has 2 N–H and O–H groups in total. The molecule has 0 fully saturated rings. The fourth-order valence-electron chi connectivity index (χ4n) is 0.598. The molecule has 0 aliphatic carbocycles. The second-order valence-corrected chi connectivity index (χ2v) is 4.42. The van der Waals surface area contributed by atoms with Crippen molar-refractivity contribution in [3.05, 3.63) is 0 Å². The number of sulfonamides is 1. The molecule has 4 nitrogen and oxygen atoms in total. The maximum Gasteiger partial charge on any atom is 0.215 e. The van der Waals surface area contributed by atoms with E-state index >= 15 is 0 Å². The Morgan fingerprint density at radius 3 is 2.20 bits per heavy atom. The summed E-state index contributed by atoms with van der Waals surface area (Å²) >= 11 is 0. The second-order valence-electron chi connectivity index (χ2n) is 2.12. The Labute approximate surface area is 62.1 Å². The highest BCUT2D eigenvalue weighted by Crippen LogP contribution is 1.93. The van der Waals surface area contributed by atoms with Crippen LogP contribution in [0.5, 0.6) is 0 Å². The van der Waals surface area contributed by atoms with Crippen LogP contribution in [0.1, 0.15) is 6.92 Å². The summed E-state index contributed by atoms with van der Waals surface area (Å²) in [6.45, 7) is 2.13. The molecule has 0 aromatic heterocycles. The van der Waals surface area contributed by atoms with Crippen LogP contribution in [0.3, 0.4) is 0 Å². The van der Waals surface area contributed by atoms with Gasteiger partial charge in [0.15, 0.2) is 0 Å². The van der Waals surface area contributed by atoms with Crippen molar-refractivity contribution in [1.29, 1.82) is 0 Å². The van der Waals surface area contributed by atoms with Crippen molar-refractivity contribution in [1.82, 2.24) is 10.0 Å².